The minimum atomic E-state index is -0.458. The summed E-state index contributed by atoms with van der Waals surface area (Å²) >= 11 is 0. The molecule has 0 saturated heterocycles. The zero-order valence-corrected chi connectivity index (χ0v) is 16.7. The predicted molar refractivity (Wildman–Crippen MR) is 116 cm³/mol. The van der Waals surface area contributed by atoms with Crippen LogP contribution in [0.1, 0.15) is 31.8 Å². The Kier molecular flexibility index (Phi) is 5.31. The van der Waals surface area contributed by atoms with Gasteiger partial charge in [0, 0.05) is 0 Å². The molecular weight excluding hydrogens is 376 g/mol. The first-order valence-corrected chi connectivity index (χ1v) is 9.62. The van der Waals surface area contributed by atoms with Crippen LogP contribution in [0.5, 0.6) is 11.5 Å². The van der Waals surface area contributed by atoms with Crippen LogP contribution >= 0.6 is 0 Å². The van der Waals surface area contributed by atoms with Crippen LogP contribution in [0.3, 0.4) is 0 Å². The van der Waals surface area contributed by atoms with Gasteiger partial charge in [-0.15, -0.1) is 0 Å². The smallest absolute Gasteiger partial charge is 0.343 e. The third-order valence-electron chi connectivity index (χ3n) is 4.96. The van der Waals surface area contributed by atoms with Gasteiger partial charge in [0.15, 0.2) is 0 Å². The molecule has 0 aromatic heterocycles. The molecular formula is C26H20O4. The minimum Gasteiger partial charge on any atom is -0.422 e. The zero-order chi connectivity index (χ0) is 21.1. The van der Waals surface area contributed by atoms with Crippen molar-refractivity contribution in [3.05, 3.63) is 107 Å². The van der Waals surface area contributed by atoms with Crippen molar-refractivity contribution in [2.75, 3.05) is 0 Å². The van der Waals surface area contributed by atoms with Gasteiger partial charge in [-0.25, -0.2) is 9.59 Å². The van der Waals surface area contributed by atoms with Gasteiger partial charge in [-0.05, 0) is 54.6 Å². The molecule has 0 aliphatic carbocycles. The highest BCUT2D eigenvalue weighted by Crippen LogP contribution is 2.35. The highest BCUT2D eigenvalue weighted by Gasteiger charge is 2.18. The Morgan fingerprint density at radius 1 is 0.567 bits per heavy atom. The minimum absolute atomic E-state index is 0.342. The molecule has 0 atom stereocenters. The van der Waals surface area contributed by atoms with Crippen LogP contribution in [-0.4, -0.2) is 11.9 Å². The molecule has 148 valence electrons. The molecule has 0 spiro atoms. The van der Waals surface area contributed by atoms with E-state index in [9.17, 15) is 9.59 Å². The first-order chi connectivity index (χ1) is 14.5. The lowest BCUT2D eigenvalue weighted by atomic mass is 10.1. The maximum absolute atomic E-state index is 12.7. The molecule has 0 aliphatic heterocycles. The van der Waals surface area contributed by atoms with E-state index in [1.165, 1.54) is 0 Å². The maximum Gasteiger partial charge on any atom is 0.343 e. The lowest BCUT2D eigenvalue weighted by Crippen LogP contribution is -2.12. The maximum atomic E-state index is 12.7. The van der Waals surface area contributed by atoms with Crippen molar-refractivity contribution in [1.82, 2.24) is 0 Å². The van der Waals surface area contributed by atoms with Crippen molar-refractivity contribution in [3.8, 4) is 11.5 Å². The van der Waals surface area contributed by atoms with E-state index >= 15 is 0 Å². The SMILES string of the molecule is Cc1ccccc1C(=O)Oc1cccc2cccc(OC(=O)c3ccccc3C)c12. The molecule has 4 aromatic carbocycles. The third-order valence-corrected chi connectivity index (χ3v) is 4.96. The van der Waals surface area contributed by atoms with E-state index in [2.05, 4.69) is 0 Å². The van der Waals surface area contributed by atoms with E-state index in [1.54, 1.807) is 48.5 Å². The molecule has 0 N–H and O–H groups in total. The van der Waals surface area contributed by atoms with E-state index in [0.717, 1.165) is 16.5 Å². The van der Waals surface area contributed by atoms with Gasteiger partial charge in [-0.1, -0.05) is 60.7 Å². The van der Waals surface area contributed by atoms with Gasteiger partial charge >= 0.3 is 11.9 Å². The van der Waals surface area contributed by atoms with E-state index in [4.69, 9.17) is 9.47 Å². The molecule has 0 amide bonds. The third kappa shape index (κ3) is 3.80. The Morgan fingerprint density at radius 2 is 1.00 bits per heavy atom. The first kappa shape index (κ1) is 19.4. The van der Waals surface area contributed by atoms with Gasteiger partial charge in [-0.3, -0.25) is 0 Å². The summed E-state index contributed by atoms with van der Waals surface area (Å²) in [6, 6.07) is 25.2. The largest absolute Gasteiger partial charge is 0.422 e. The van der Waals surface area contributed by atoms with Crippen LogP contribution in [0.4, 0.5) is 0 Å². The molecule has 0 heterocycles. The van der Waals surface area contributed by atoms with Gasteiger partial charge in [0.2, 0.25) is 0 Å². The van der Waals surface area contributed by atoms with E-state index in [-0.39, 0.29) is 0 Å². The Balaban J connectivity index is 1.72. The van der Waals surface area contributed by atoms with Gasteiger partial charge in [0.05, 0.1) is 16.5 Å². The molecule has 4 nitrogen and oxygen atoms in total. The lowest BCUT2D eigenvalue weighted by molar-refractivity contribution is 0.0735. The summed E-state index contributed by atoms with van der Waals surface area (Å²) in [5.41, 5.74) is 2.63. The van der Waals surface area contributed by atoms with E-state index < -0.39 is 11.9 Å². The number of hydrogen-bond donors (Lipinski definition) is 0. The van der Waals surface area contributed by atoms with Crippen molar-refractivity contribution >= 4 is 22.7 Å². The van der Waals surface area contributed by atoms with Gasteiger partial charge in [-0.2, -0.15) is 0 Å². The average Bonchev–Trinajstić information content (AvgIpc) is 2.74. The summed E-state index contributed by atoms with van der Waals surface area (Å²) in [4.78, 5) is 25.5. The lowest BCUT2D eigenvalue weighted by Gasteiger charge is -2.13. The number of carbonyl (C=O) groups is 2. The number of hydrogen-bond acceptors (Lipinski definition) is 4. The average molecular weight is 396 g/mol. The van der Waals surface area contributed by atoms with Crippen LogP contribution in [-0.2, 0) is 0 Å². The molecule has 0 saturated carbocycles. The van der Waals surface area contributed by atoms with Crippen molar-refractivity contribution in [3.63, 3.8) is 0 Å². The number of carbonyl (C=O) groups excluding carboxylic acids is 2. The number of benzene rings is 4. The van der Waals surface area contributed by atoms with E-state index in [1.807, 2.05) is 50.2 Å². The number of aryl methyl sites for hydroxylation is 2. The fourth-order valence-electron chi connectivity index (χ4n) is 3.36. The Labute approximate surface area is 174 Å². The Morgan fingerprint density at radius 3 is 1.43 bits per heavy atom. The van der Waals surface area contributed by atoms with Gasteiger partial charge < -0.3 is 9.47 Å². The number of esters is 2. The first-order valence-electron chi connectivity index (χ1n) is 9.62. The molecule has 0 unspecified atom stereocenters. The molecule has 4 heteroatoms. The Hall–Kier alpha value is -3.92. The second-order valence-electron chi connectivity index (χ2n) is 7.02. The normalized spacial score (nSPS) is 10.6. The molecule has 0 aliphatic rings. The summed E-state index contributed by atoms with van der Waals surface area (Å²) in [6.07, 6.45) is 0. The highest BCUT2D eigenvalue weighted by molar-refractivity contribution is 6.01. The van der Waals surface area contributed by atoms with Crippen LogP contribution in [0, 0.1) is 13.8 Å². The molecule has 4 aromatic rings. The second kappa shape index (κ2) is 8.21. The van der Waals surface area contributed by atoms with Crippen LogP contribution in [0.15, 0.2) is 84.9 Å². The standard InChI is InChI=1S/C26H20O4/c1-17-9-3-5-13-20(17)25(27)29-22-15-7-11-19-12-8-16-23(24(19)22)30-26(28)21-14-6-4-10-18(21)2/h3-16H,1-2H3. The summed E-state index contributed by atoms with van der Waals surface area (Å²) in [5, 5.41) is 1.38. The Bertz CT molecular complexity index is 1160. The second-order valence-corrected chi connectivity index (χ2v) is 7.02. The fourth-order valence-corrected chi connectivity index (χ4v) is 3.36. The summed E-state index contributed by atoms with van der Waals surface area (Å²) < 4.78 is 11.4. The van der Waals surface area contributed by atoms with Gasteiger partial charge in [0.25, 0.3) is 0 Å². The van der Waals surface area contributed by atoms with Crippen molar-refractivity contribution in [1.29, 1.82) is 0 Å². The molecule has 0 bridgehead atoms. The highest BCUT2D eigenvalue weighted by atomic mass is 16.5. The van der Waals surface area contributed by atoms with Crippen LogP contribution < -0.4 is 9.47 Å². The van der Waals surface area contributed by atoms with E-state index in [0.29, 0.717) is 28.0 Å². The molecule has 30 heavy (non-hydrogen) atoms. The monoisotopic (exact) mass is 396 g/mol. The quantitative estimate of drug-likeness (QED) is 0.319. The topological polar surface area (TPSA) is 52.6 Å². The van der Waals surface area contributed by atoms with Crippen molar-refractivity contribution in [2.24, 2.45) is 0 Å². The number of rotatable bonds is 4. The van der Waals surface area contributed by atoms with Gasteiger partial charge in [0.1, 0.15) is 11.5 Å². The van der Waals surface area contributed by atoms with Crippen molar-refractivity contribution in [2.45, 2.75) is 13.8 Å². The van der Waals surface area contributed by atoms with Crippen LogP contribution in [0.25, 0.3) is 10.8 Å². The predicted octanol–water partition coefficient (Wildman–Crippen LogP) is 5.90. The summed E-state index contributed by atoms with van der Waals surface area (Å²) in [6.45, 7) is 3.71. The zero-order valence-electron chi connectivity index (χ0n) is 16.7. The molecule has 4 rings (SSSR count). The van der Waals surface area contributed by atoms with Crippen LogP contribution in [0.2, 0.25) is 0 Å². The number of fused-ring (bicyclic) bond motifs is 1. The molecule has 0 fully saturated rings. The number of ether oxygens (including phenoxy) is 2. The summed E-state index contributed by atoms with van der Waals surface area (Å²) in [7, 11) is 0. The summed E-state index contributed by atoms with van der Waals surface area (Å²) in [5.74, 6) is -0.232. The fraction of sp³-hybridized carbons (Fsp3) is 0.0769. The molecule has 0 radical (unpaired) electrons. The van der Waals surface area contributed by atoms with Crippen molar-refractivity contribution < 1.29 is 19.1 Å².